The molecule has 0 fully saturated rings. The largest absolute Gasteiger partial charge is 0.312 e. The van der Waals surface area contributed by atoms with Crippen LogP contribution in [0.5, 0.6) is 0 Å². The van der Waals surface area contributed by atoms with E-state index < -0.39 is 10.0 Å². The summed E-state index contributed by atoms with van der Waals surface area (Å²) in [6.45, 7) is 10.6. The molecule has 1 aromatic rings. The third-order valence-corrected chi connectivity index (χ3v) is 6.61. The summed E-state index contributed by atoms with van der Waals surface area (Å²) in [5.74, 6) is 0. The second-order valence-corrected chi connectivity index (χ2v) is 7.75. The third kappa shape index (κ3) is 4.02. The van der Waals surface area contributed by atoms with Crippen molar-refractivity contribution in [2.45, 2.75) is 44.9 Å². The van der Waals surface area contributed by atoms with Crippen molar-refractivity contribution in [1.29, 1.82) is 0 Å². The van der Waals surface area contributed by atoms with E-state index in [9.17, 15) is 8.42 Å². The van der Waals surface area contributed by atoms with Crippen molar-refractivity contribution in [2.24, 2.45) is 0 Å². The van der Waals surface area contributed by atoms with E-state index in [1.54, 1.807) is 10.4 Å². The molecule has 19 heavy (non-hydrogen) atoms. The van der Waals surface area contributed by atoms with E-state index in [1.165, 1.54) is 11.3 Å². The molecule has 0 radical (unpaired) electrons. The summed E-state index contributed by atoms with van der Waals surface area (Å²) >= 11 is 1.38. The number of sulfonamides is 1. The lowest BCUT2D eigenvalue weighted by atomic mass is 10.3. The van der Waals surface area contributed by atoms with Gasteiger partial charge >= 0.3 is 0 Å². The Morgan fingerprint density at radius 2 is 2.00 bits per heavy atom. The molecule has 0 amide bonds. The van der Waals surface area contributed by atoms with E-state index in [4.69, 9.17) is 0 Å². The molecule has 0 bridgehead atoms. The minimum atomic E-state index is -3.32. The Bertz CT molecular complexity index is 495. The summed E-state index contributed by atoms with van der Waals surface area (Å²) in [5.41, 5.74) is 1.05. The van der Waals surface area contributed by atoms with Crippen LogP contribution in [-0.4, -0.2) is 32.4 Å². The predicted octanol–water partition coefficient (Wildman–Crippen LogP) is 2.59. The van der Waals surface area contributed by atoms with Crippen molar-refractivity contribution in [3.63, 3.8) is 0 Å². The van der Waals surface area contributed by atoms with Crippen molar-refractivity contribution in [3.8, 4) is 0 Å². The average Bonchev–Trinajstić information content (AvgIpc) is 2.75. The van der Waals surface area contributed by atoms with Gasteiger partial charge in [-0.2, -0.15) is 4.31 Å². The first-order valence-electron chi connectivity index (χ1n) is 6.77. The molecule has 0 aliphatic rings. The maximum atomic E-state index is 12.5. The first-order chi connectivity index (χ1) is 8.97. The fraction of sp³-hybridized carbons (Fsp3) is 0.692. The molecule has 0 saturated carbocycles. The Morgan fingerprint density at radius 1 is 1.32 bits per heavy atom. The topological polar surface area (TPSA) is 49.4 Å². The number of hydrogen-bond acceptors (Lipinski definition) is 4. The second kappa shape index (κ2) is 7.38. The fourth-order valence-corrected chi connectivity index (χ4v) is 5.11. The van der Waals surface area contributed by atoms with Crippen molar-refractivity contribution in [3.05, 3.63) is 16.5 Å². The number of thiophene rings is 1. The van der Waals surface area contributed by atoms with E-state index in [-0.39, 0.29) is 0 Å². The minimum Gasteiger partial charge on any atom is -0.312 e. The van der Waals surface area contributed by atoms with Crippen LogP contribution in [0.1, 0.15) is 37.6 Å². The zero-order valence-corrected chi connectivity index (χ0v) is 13.8. The molecule has 0 saturated heterocycles. The highest BCUT2D eigenvalue weighted by molar-refractivity contribution is 7.91. The standard InChI is InChI=1S/C13H24N2O2S2/c1-5-8-15(7-3)19(16,17)13-9-11(4)12(18-13)10-14-6-2/h9,14H,5-8,10H2,1-4H3. The van der Waals surface area contributed by atoms with Gasteiger partial charge in [-0.05, 0) is 31.5 Å². The number of nitrogens with zero attached hydrogens (tertiary/aromatic N) is 1. The molecule has 0 aliphatic heterocycles. The van der Waals surface area contributed by atoms with Crippen LogP contribution in [0.15, 0.2) is 10.3 Å². The SMILES string of the molecule is CCCN(CC)S(=O)(=O)c1cc(C)c(CNCC)s1. The van der Waals surface area contributed by atoms with Gasteiger partial charge in [0.2, 0.25) is 0 Å². The molecule has 1 rings (SSSR count). The van der Waals surface area contributed by atoms with Crippen LogP contribution >= 0.6 is 11.3 Å². The molecule has 0 atom stereocenters. The number of rotatable bonds is 8. The van der Waals surface area contributed by atoms with Crippen LogP contribution in [0.25, 0.3) is 0 Å². The molecule has 0 aromatic carbocycles. The lowest BCUT2D eigenvalue weighted by Crippen LogP contribution is -2.31. The third-order valence-electron chi connectivity index (χ3n) is 2.95. The first-order valence-corrected chi connectivity index (χ1v) is 9.03. The molecule has 4 nitrogen and oxygen atoms in total. The van der Waals surface area contributed by atoms with Gasteiger partial charge in [0.1, 0.15) is 4.21 Å². The van der Waals surface area contributed by atoms with E-state index in [1.807, 2.05) is 27.7 Å². The summed E-state index contributed by atoms with van der Waals surface area (Å²) in [6.07, 6.45) is 0.835. The van der Waals surface area contributed by atoms with Gasteiger partial charge in [0.05, 0.1) is 0 Å². The maximum absolute atomic E-state index is 12.5. The van der Waals surface area contributed by atoms with Gasteiger partial charge in [0.15, 0.2) is 0 Å². The molecular weight excluding hydrogens is 280 g/mol. The van der Waals surface area contributed by atoms with Gasteiger partial charge in [-0.3, -0.25) is 0 Å². The van der Waals surface area contributed by atoms with E-state index in [0.717, 1.165) is 30.0 Å². The van der Waals surface area contributed by atoms with Crippen molar-refractivity contribution < 1.29 is 8.42 Å². The van der Waals surface area contributed by atoms with Gasteiger partial charge in [-0.15, -0.1) is 11.3 Å². The van der Waals surface area contributed by atoms with Crippen LogP contribution in [0.4, 0.5) is 0 Å². The molecule has 0 aliphatic carbocycles. The van der Waals surface area contributed by atoms with Crippen LogP contribution < -0.4 is 5.32 Å². The Kier molecular flexibility index (Phi) is 6.46. The summed E-state index contributed by atoms with van der Waals surface area (Å²) in [4.78, 5) is 1.10. The highest BCUT2D eigenvalue weighted by Gasteiger charge is 2.25. The first kappa shape index (κ1) is 16.6. The Labute approximate surface area is 120 Å². The molecule has 6 heteroatoms. The number of nitrogens with one attached hydrogen (secondary N) is 1. The van der Waals surface area contributed by atoms with Crippen LogP contribution in [0.3, 0.4) is 0 Å². The van der Waals surface area contributed by atoms with Gasteiger partial charge in [0.25, 0.3) is 10.0 Å². The summed E-state index contributed by atoms with van der Waals surface area (Å²) in [7, 11) is -3.32. The van der Waals surface area contributed by atoms with Gasteiger partial charge < -0.3 is 5.32 Å². The quantitative estimate of drug-likeness (QED) is 0.803. The average molecular weight is 304 g/mol. The highest BCUT2D eigenvalue weighted by atomic mass is 32.2. The summed E-state index contributed by atoms with van der Waals surface area (Å²) in [6, 6.07) is 1.80. The zero-order valence-electron chi connectivity index (χ0n) is 12.2. The van der Waals surface area contributed by atoms with Gasteiger partial charge in [-0.25, -0.2) is 8.42 Å². The normalized spacial score (nSPS) is 12.3. The predicted molar refractivity (Wildman–Crippen MR) is 81.2 cm³/mol. The van der Waals surface area contributed by atoms with Crippen LogP contribution in [0.2, 0.25) is 0 Å². The summed E-state index contributed by atoms with van der Waals surface area (Å²) < 4.78 is 27.0. The highest BCUT2D eigenvalue weighted by Crippen LogP contribution is 2.28. The Hall–Kier alpha value is -0.430. The van der Waals surface area contributed by atoms with Gasteiger partial charge in [-0.1, -0.05) is 20.8 Å². The van der Waals surface area contributed by atoms with Crippen LogP contribution in [0, 0.1) is 6.92 Å². The molecule has 1 heterocycles. The monoisotopic (exact) mass is 304 g/mol. The lowest BCUT2D eigenvalue weighted by molar-refractivity contribution is 0.428. The molecule has 0 unspecified atom stereocenters. The molecule has 1 N–H and O–H groups in total. The number of hydrogen-bond donors (Lipinski definition) is 1. The van der Waals surface area contributed by atoms with Crippen molar-refractivity contribution in [2.75, 3.05) is 19.6 Å². The van der Waals surface area contributed by atoms with E-state index >= 15 is 0 Å². The van der Waals surface area contributed by atoms with E-state index in [2.05, 4.69) is 5.32 Å². The number of aryl methyl sites for hydroxylation is 1. The lowest BCUT2D eigenvalue weighted by Gasteiger charge is -2.18. The molecule has 0 spiro atoms. The zero-order chi connectivity index (χ0) is 14.5. The Balaban J connectivity index is 3.01. The van der Waals surface area contributed by atoms with Crippen molar-refractivity contribution in [1.82, 2.24) is 9.62 Å². The molecule has 1 aromatic heterocycles. The minimum absolute atomic E-state index is 0.466. The Morgan fingerprint density at radius 3 is 2.53 bits per heavy atom. The van der Waals surface area contributed by atoms with Crippen molar-refractivity contribution >= 4 is 21.4 Å². The van der Waals surface area contributed by atoms with Gasteiger partial charge in [0, 0.05) is 24.5 Å². The van der Waals surface area contributed by atoms with E-state index in [0.29, 0.717) is 17.3 Å². The molecule has 110 valence electrons. The summed E-state index contributed by atoms with van der Waals surface area (Å²) in [5, 5.41) is 3.24. The second-order valence-electron chi connectivity index (χ2n) is 4.45. The fourth-order valence-electron chi connectivity index (χ4n) is 1.85. The smallest absolute Gasteiger partial charge is 0.252 e. The maximum Gasteiger partial charge on any atom is 0.252 e. The molecular formula is C13H24N2O2S2. The van der Waals surface area contributed by atoms with Crippen LogP contribution in [-0.2, 0) is 16.6 Å².